The first kappa shape index (κ1) is 30.3. The van der Waals surface area contributed by atoms with Gasteiger partial charge in [0, 0.05) is 27.7 Å². The van der Waals surface area contributed by atoms with Gasteiger partial charge < -0.3 is 16.4 Å². The maximum atomic E-state index is 12.4. The lowest BCUT2D eigenvalue weighted by Crippen LogP contribution is -2.19. The maximum absolute atomic E-state index is 12.4. The third-order valence-corrected chi connectivity index (χ3v) is 8.92. The number of carbonyl (C=O) groups excluding carboxylic acids is 1. The second kappa shape index (κ2) is 11.8. The van der Waals surface area contributed by atoms with E-state index in [9.17, 15) is 36.0 Å². The van der Waals surface area contributed by atoms with Gasteiger partial charge in [-0.3, -0.25) is 9.11 Å². The van der Waals surface area contributed by atoms with Gasteiger partial charge in [0.1, 0.15) is 25.9 Å². The molecule has 0 aliphatic carbocycles. The molecule has 44 heavy (non-hydrogen) atoms. The van der Waals surface area contributed by atoms with E-state index in [2.05, 4.69) is 20.9 Å². The Hall–Kier alpha value is -5.18. The Morgan fingerprint density at radius 2 is 1.43 bits per heavy atom. The summed E-state index contributed by atoms with van der Waals surface area (Å²) < 4.78 is 67.7. The average molecular weight is 649 g/mol. The number of urea groups is 1. The molecule has 222 valence electrons. The number of azo groups is 1. The number of hydrogen-bond donors (Lipinski definition) is 5. The van der Waals surface area contributed by atoms with E-state index in [0.29, 0.717) is 22.5 Å². The normalized spacial score (nSPS) is 11.8. The first-order valence-corrected chi connectivity index (χ1v) is 16.0. The number of fused-ring (bicyclic) bond motifs is 1. The van der Waals surface area contributed by atoms with Crippen LogP contribution >= 0.6 is 11.3 Å². The van der Waals surface area contributed by atoms with E-state index in [4.69, 9.17) is 5.73 Å². The summed E-state index contributed by atoms with van der Waals surface area (Å²) in [6.07, 6.45) is 0. The molecule has 13 nitrogen and oxygen atoms in total. The number of nitrogens with two attached hydrogens (primary N) is 1. The lowest BCUT2D eigenvalue weighted by Gasteiger charge is -2.09. The number of benzene rings is 4. The minimum Gasteiger partial charge on any atom is -0.389 e. The fraction of sp³-hybridized carbons (Fsp3) is 0. The first-order valence-electron chi connectivity index (χ1n) is 12.3. The molecule has 4 aromatic carbocycles. The second-order valence-electron chi connectivity index (χ2n) is 9.10. The van der Waals surface area contributed by atoms with Crippen LogP contribution in [0.2, 0.25) is 0 Å². The van der Waals surface area contributed by atoms with Gasteiger partial charge in [-0.1, -0.05) is 53.8 Å². The summed E-state index contributed by atoms with van der Waals surface area (Å²) in [5.41, 5.74) is 7.88. The Kier molecular flexibility index (Phi) is 8.15. The number of hydrogen-bond acceptors (Lipinski definition) is 10. The molecule has 16 heteroatoms. The Bertz CT molecular complexity index is 2210. The average Bonchev–Trinajstić information content (AvgIpc) is 3.30. The van der Waals surface area contributed by atoms with Gasteiger partial charge in [0.25, 0.3) is 20.2 Å². The molecular formula is C28H20N6O7S3. The summed E-state index contributed by atoms with van der Waals surface area (Å²) in [5.74, 6) is 0. The largest absolute Gasteiger partial charge is 0.389 e. The zero-order valence-corrected chi connectivity index (χ0v) is 24.6. The molecule has 0 saturated carbocycles. The van der Waals surface area contributed by atoms with Crippen molar-refractivity contribution in [1.82, 2.24) is 0 Å². The first-order chi connectivity index (χ1) is 20.8. The predicted molar refractivity (Wildman–Crippen MR) is 166 cm³/mol. The molecule has 0 radical (unpaired) electrons. The van der Waals surface area contributed by atoms with Gasteiger partial charge in [0.15, 0.2) is 0 Å². The zero-order valence-electron chi connectivity index (χ0n) is 22.2. The summed E-state index contributed by atoms with van der Waals surface area (Å²) in [4.78, 5) is 11.1. The number of amides is 2. The van der Waals surface area contributed by atoms with Crippen LogP contribution in [0.1, 0.15) is 5.56 Å². The highest BCUT2D eigenvalue weighted by Crippen LogP contribution is 2.45. The molecule has 0 bridgehead atoms. The molecule has 2 amide bonds. The quantitative estimate of drug-likeness (QED) is 0.0948. The molecule has 0 fully saturated rings. The molecule has 0 atom stereocenters. The molecule has 5 aromatic rings. The highest BCUT2D eigenvalue weighted by Gasteiger charge is 2.22. The van der Waals surface area contributed by atoms with E-state index < -0.39 is 36.1 Å². The van der Waals surface area contributed by atoms with Crippen LogP contribution in [0, 0.1) is 11.3 Å². The molecule has 1 aromatic heterocycles. The van der Waals surface area contributed by atoms with Gasteiger partial charge >= 0.3 is 6.03 Å². The van der Waals surface area contributed by atoms with E-state index in [-0.39, 0.29) is 32.0 Å². The van der Waals surface area contributed by atoms with Crippen molar-refractivity contribution in [2.45, 2.75) is 9.79 Å². The van der Waals surface area contributed by atoms with Crippen molar-refractivity contribution < 1.29 is 30.7 Å². The summed E-state index contributed by atoms with van der Waals surface area (Å²) in [7, 11) is -9.64. The number of thiophene rings is 1. The van der Waals surface area contributed by atoms with E-state index in [1.54, 1.807) is 48.5 Å². The van der Waals surface area contributed by atoms with Crippen LogP contribution in [0.25, 0.3) is 21.9 Å². The number of carbonyl (C=O) groups is 1. The molecule has 0 spiro atoms. The molecular weight excluding hydrogens is 629 g/mol. The van der Waals surface area contributed by atoms with E-state index in [1.807, 2.05) is 12.1 Å². The lowest BCUT2D eigenvalue weighted by molar-refractivity contribution is 0.262. The highest BCUT2D eigenvalue weighted by atomic mass is 32.2. The van der Waals surface area contributed by atoms with Crippen LogP contribution in [0.5, 0.6) is 0 Å². The third kappa shape index (κ3) is 6.41. The van der Waals surface area contributed by atoms with E-state index >= 15 is 0 Å². The third-order valence-electron chi connectivity index (χ3n) is 6.21. The van der Waals surface area contributed by atoms with Crippen molar-refractivity contribution in [3.8, 4) is 17.2 Å². The summed E-state index contributed by atoms with van der Waals surface area (Å²) in [5, 5.41) is 23.3. The van der Waals surface area contributed by atoms with Crippen molar-refractivity contribution in [2.75, 3.05) is 16.4 Å². The van der Waals surface area contributed by atoms with Gasteiger partial charge in [-0.25, -0.2) is 4.79 Å². The summed E-state index contributed by atoms with van der Waals surface area (Å²) in [6.45, 7) is 0. The molecule has 0 aliphatic rings. The monoisotopic (exact) mass is 648 g/mol. The number of nitrogens with zero attached hydrogens (tertiary/aromatic N) is 3. The van der Waals surface area contributed by atoms with Crippen molar-refractivity contribution in [3.05, 3.63) is 90.5 Å². The summed E-state index contributed by atoms with van der Waals surface area (Å²) in [6, 6.07) is 22.6. The maximum Gasteiger partial charge on any atom is 0.323 e. The van der Waals surface area contributed by atoms with E-state index in [1.165, 1.54) is 18.2 Å². The smallest absolute Gasteiger partial charge is 0.323 e. The van der Waals surface area contributed by atoms with Gasteiger partial charge in [-0.2, -0.15) is 22.1 Å². The van der Waals surface area contributed by atoms with Crippen LogP contribution < -0.4 is 16.4 Å². The number of nitrogens with one attached hydrogen (secondary N) is 2. The number of para-hydroxylation sites is 1. The van der Waals surface area contributed by atoms with Crippen LogP contribution in [-0.2, 0) is 20.2 Å². The van der Waals surface area contributed by atoms with Crippen LogP contribution in [0.3, 0.4) is 0 Å². The zero-order chi connectivity index (χ0) is 31.6. The molecule has 1 heterocycles. The van der Waals surface area contributed by atoms with Crippen LogP contribution in [0.15, 0.2) is 105 Å². The molecule has 6 N–H and O–H groups in total. The Balaban J connectivity index is 1.51. The number of rotatable bonds is 7. The predicted octanol–water partition coefficient (Wildman–Crippen LogP) is 6.57. The molecule has 5 rings (SSSR count). The van der Waals surface area contributed by atoms with Crippen molar-refractivity contribution >= 4 is 75.4 Å². The van der Waals surface area contributed by atoms with Gasteiger partial charge in [-0.05, 0) is 48.0 Å². The summed E-state index contributed by atoms with van der Waals surface area (Å²) >= 11 is 0.928. The number of nitrogen functional groups attached to an aromatic ring is 1. The van der Waals surface area contributed by atoms with Crippen molar-refractivity contribution in [1.29, 1.82) is 5.26 Å². The minimum absolute atomic E-state index is 0.109. The molecule has 0 aliphatic heterocycles. The number of nitriles is 1. The topological polar surface area (TPSA) is 224 Å². The fourth-order valence-electron chi connectivity index (χ4n) is 4.33. The Labute approximate surface area is 254 Å². The van der Waals surface area contributed by atoms with Gasteiger partial charge in [-0.15, -0.1) is 10.2 Å². The molecule has 0 saturated heterocycles. The van der Waals surface area contributed by atoms with Gasteiger partial charge in [0.05, 0.1) is 11.3 Å². The fourth-order valence-corrected chi connectivity index (χ4v) is 6.61. The van der Waals surface area contributed by atoms with E-state index in [0.717, 1.165) is 23.5 Å². The second-order valence-corrected chi connectivity index (χ2v) is 12.9. The van der Waals surface area contributed by atoms with Crippen molar-refractivity contribution in [2.24, 2.45) is 10.2 Å². The van der Waals surface area contributed by atoms with Crippen LogP contribution in [-0.4, -0.2) is 32.0 Å². The minimum atomic E-state index is -4.86. The molecule has 0 unspecified atom stereocenters. The van der Waals surface area contributed by atoms with Crippen LogP contribution in [0.4, 0.5) is 31.9 Å². The van der Waals surface area contributed by atoms with Crippen molar-refractivity contribution in [3.63, 3.8) is 0 Å². The van der Waals surface area contributed by atoms with Gasteiger partial charge in [0.2, 0.25) is 0 Å². The number of anilines is 3. The Morgan fingerprint density at radius 1 is 0.795 bits per heavy atom. The standard InChI is InChI=1S/C28H20N6O7S3/c29-15-22-25(16-9-11-18(12-10-16)32-28(35)31-17-5-2-1-3-6-17)27(42-26(22)30)34-33-19-13-21-20(24(14-19)44(39,40)41)7-4-8-23(21)43(36,37)38/h1-14H,30H2,(H2,31,32,35)(H,36,37,38)(H,39,40,41)/b34-33+. The highest BCUT2D eigenvalue weighted by molar-refractivity contribution is 7.86. The lowest BCUT2D eigenvalue weighted by atomic mass is 10.0. The Morgan fingerprint density at radius 3 is 2.05 bits per heavy atom. The SMILES string of the molecule is N#Cc1c(N)sc(/N=N/c2cc(S(=O)(=O)O)c3cccc(S(=O)(=O)O)c3c2)c1-c1ccc(NC(=O)Nc2ccccc2)cc1.